The minimum atomic E-state index is -0.407. The molecule has 28 heavy (non-hydrogen) atoms. The van der Waals surface area contributed by atoms with E-state index in [1.807, 2.05) is 31.2 Å². The third-order valence-corrected chi connectivity index (χ3v) is 3.92. The van der Waals surface area contributed by atoms with Crippen molar-refractivity contribution in [2.45, 2.75) is 13.3 Å². The molecule has 0 heterocycles. The number of ether oxygens (including phenoxy) is 4. The van der Waals surface area contributed by atoms with Crippen molar-refractivity contribution in [2.24, 2.45) is 0 Å². The molecular weight excluding hydrogens is 380 g/mol. The molecule has 1 amide bonds. The highest BCUT2D eigenvalue weighted by molar-refractivity contribution is 7.80. The van der Waals surface area contributed by atoms with Crippen LogP contribution in [-0.4, -0.2) is 39.0 Å². The van der Waals surface area contributed by atoms with E-state index in [0.29, 0.717) is 35.1 Å². The summed E-state index contributed by atoms with van der Waals surface area (Å²) < 4.78 is 21.4. The largest absolute Gasteiger partial charge is 0.494 e. The molecule has 0 atom stereocenters. The molecule has 0 bridgehead atoms. The minimum Gasteiger partial charge on any atom is -0.494 e. The van der Waals surface area contributed by atoms with Crippen LogP contribution in [0.1, 0.15) is 23.7 Å². The second-order valence-corrected chi connectivity index (χ2v) is 6.11. The molecule has 150 valence electrons. The highest BCUT2D eigenvalue weighted by Gasteiger charge is 2.17. The fourth-order valence-electron chi connectivity index (χ4n) is 2.43. The van der Waals surface area contributed by atoms with Gasteiger partial charge in [0.2, 0.25) is 5.75 Å². The van der Waals surface area contributed by atoms with Crippen LogP contribution in [0.5, 0.6) is 23.0 Å². The molecule has 2 aromatic carbocycles. The van der Waals surface area contributed by atoms with E-state index < -0.39 is 5.91 Å². The van der Waals surface area contributed by atoms with Gasteiger partial charge in [0.1, 0.15) is 5.75 Å². The van der Waals surface area contributed by atoms with Crippen LogP contribution in [0, 0.1) is 0 Å². The lowest BCUT2D eigenvalue weighted by atomic mass is 10.1. The zero-order valence-electron chi connectivity index (χ0n) is 16.3. The summed E-state index contributed by atoms with van der Waals surface area (Å²) in [6.45, 7) is 2.67. The van der Waals surface area contributed by atoms with Crippen LogP contribution >= 0.6 is 12.2 Å². The van der Waals surface area contributed by atoms with Crippen molar-refractivity contribution in [2.75, 3.05) is 33.3 Å². The summed E-state index contributed by atoms with van der Waals surface area (Å²) in [5.74, 6) is 1.49. The third-order valence-electron chi connectivity index (χ3n) is 3.72. The number of carbonyl (C=O) groups excluding carboxylic acids is 1. The first-order chi connectivity index (χ1) is 13.5. The summed E-state index contributed by atoms with van der Waals surface area (Å²) in [4.78, 5) is 12.6. The van der Waals surface area contributed by atoms with Crippen LogP contribution in [0.15, 0.2) is 36.4 Å². The van der Waals surface area contributed by atoms with Gasteiger partial charge in [0.15, 0.2) is 16.6 Å². The highest BCUT2D eigenvalue weighted by Crippen LogP contribution is 2.38. The first-order valence-corrected chi connectivity index (χ1v) is 9.08. The van der Waals surface area contributed by atoms with Gasteiger partial charge in [0.25, 0.3) is 5.91 Å². The normalized spacial score (nSPS) is 10.0. The number of hydrogen-bond donors (Lipinski definition) is 2. The number of methoxy groups -OCH3 is 3. The number of anilines is 1. The molecule has 0 spiro atoms. The number of rotatable bonds is 8. The lowest BCUT2D eigenvalue weighted by molar-refractivity contribution is 0.0977. The summed E-state index contributed by atoms with van der Waals surface area (Å²) in [6.07, 6.45) is 0.918. The van der Waals surface area contributed by atoms with Gasteiger partial charge in [-0.05, 0) is 42.9 Å². The Balaban J connectivity index is 2.09. The molecule has 2 rings (SSSR count). The monoisotopic (exact) mass is 404 g/mol. The van der Waals surface area contributed by atoms with Gasteiger partial charge in [-0.25, -0.2) is 0 Å². The minimum absolute atomic E-state index is 0.159. The standard InChI is InChI=1S/C20H24N2O5S/c1-5-9-27-15-8-6-7-14(12-15)21-20(28)22-19(23)13-10-16(24-2)18(26-4)17(11-13)25-3/h6-8,10-12H,5,9H2,1-4H3,(H2,21,22,23,28). The molecule has 2 aromatic rings. The predicted molar refractivity (Wildman–Crippen MR) is 112 cm³/mol. The summed E-state index contributed by atoms with van der Waals surface area (Å²) in [5, 5.41) is 5.77. The third kappa shape index (κ3) is 5.50. The molecule has 0 saturated heterocycles. The molecule has 0 unspecified atom stereocenters. The van der Waals surface area contributed by atoms with Gasteiger partial charge in [0, 0.05) is 17.3 Å². The van der Waals surface area contributed by atoms with Gasteiger partial charge in [-0.2, -0.15) is 0 Å². The van der Waals surface area contributed by atoms with Crippen LogP contribution in [0.2, 0.25) is 0 Å². The van der Waals surface area contributed by atoms with Crippen molar-refractivity contribution in [3.8, 4) is 23.0 Å². The second-order valence-electron chi connectivity index (χ2n) is 5.70. The average molecular weight is 404 g/mol. The molecule has 7 nitrogen and oxygen atoms in total. The van der Waals surface area contributed by atoms with Gasteiger partial charge in [0.05, 0.1) is 27.9 Å². The summed E-state index contributed by atoms with van der Waals surface area (Å²) in [6, 6.07) is 10.5. The fourth-order valence-corrected chi connectivity index (χ4v) is 2.64. The summed E-state index contributed by atoms with van der Waals surface area (Å²) in [7, 11) is 4.47. The van der Waals surface area contributed by atoms with Crippen molar-refractivity contribution >= 4 is 28.9 Å². The van der Waals surface area contributed by atoms with Crippen LogP contribution in [-0.2, 0) is 0 Å². The van der Waals surface area contributed by atoms with Gasteiger partial charge < -0.3 is 24.3 Å². The maximum atomic E-state index is 12.6. The molecule has 0 radical (unpaired) electrons. The van der Waals surface area contributed by atoms with E-state index in [4.69, 9.17) is 31.2 Å². The lowest BCUT2D eigenvalue weighted by Crippen LogP contribution is -2.34. The molecule has 0 aromatic heterocycles. The first-order valence-electron chi connectivity index (χ1n) is 8.67. The first kappa shape index (κ1) is 21.3. The van der Waals surface area contributed by atoms with Gasteiger partial charge >= 0.3 is 0 Å². The Morgan fingerprint density at radius 1 is 1.04 bits per heavy atom. The van der Waals surface area contributed by atoms with E-state index in [1.165, 1.54) is 21.3 Å². The molecular formula is C20H24N2O5S. The van der Waals surface area contributed by atoms with E-state index in [2.05, 4.69) is 10.6 Å². The maximum absolute atomic E-state index is 12.6. The van der Waals surface area contributed by atoms with E-state index in [0.717, 1.165) is 12.2 Å². The van der Waals surface area contributed by atoms with Crippen molar-refractivity contribution in [1.29, 1.82) is 0 Å². The number of nitrogens with one attached hydrogen (secondary N) is 2. The molecule has 2 N–H and O–H groups in total. The maximum Gasteiger partial charge on any atom is 0.257 e. The molecule has 0 fully saturated rings. The number of amides is 1. The topological polar surface area (TPSA) is 78.1 Å². The Kier molecular flexibility index (Phi) is 7.88. The fraction of sp³-hybridized carbons (Fsp3) is 0.300. The van der Waals surface area contributed by atoms with Crippen molar-refractivity contribution in [1.82, 2.24) is 5.32 Å². The molecule has 0 aliphatic rings. The van der Waals surface area contributed by atoms with Gasteiger partial charge in [-0.1, -0.05) is 13.0 Å². The molecule has 0 saturated carbocycles. The summed E-state index contributed by atoms with van der Waals surface area (Å²) in [5.41, 5.74) is 1.03. The Morgan fingerprint density at radius 3 is 2.29 bits per heavy atom. The van der Waals surface area contributed by atoms with Gasteiger partial charge in [-0.15, -0.1) is 0 Å². The predicted octanol–water partition coefficient (Wildman–Crippen LogP) is 3.63. The van der Waals surface area contributed by atoms with E-state index in [-0.39, 0.29) is 5.11 Å². The Labute approximate surface area is 169 Å². The number of hydrogen-bond acceptors (Lipinski definition) is 6. The van der Waals surface area contributed by atoms with Crippen LogP contribution in [0.3, 0.4) is 0 Å². The van der Waals surface area contributed by atoms with E-state index in [9.17, 15) is 4.79 Å². The Hall–Kier alpha value is -3.00. The molecule has 8 heteroatoms. The van der Waals surface area contributed by atoms with Crippen molar-refractivity contribution < 1.29 is 23.7 Å². The van der Waals surface area contributed by atoms with Gasteiger partial charge in [-0.3, -0.25) is 10.1 Å². The smallest absolute Gasteiger partial charge is 0.257 e. The Bertz CT molecular complexity index is 816. The summed E-state index contributed by atoms with van der Waals surface area (Å²) >= 11 is 5.24. The SMILES string of the molecule is CCCOc1cccc(NC(=S)NC(=O)c2cc(OC)c(OC)c(OC)c2)c1. The van der Waals surface area contributed by atoms with Crippen LogP contribution in [0.4, 0.5) is 5.69 Å². The lowest BCUT2D eigenvalue weighted by Gasteiger charge is -2.15. The van der Waals surface area contributed by atoms with Crippen LogP contribution in [0.25, 0.3) is 0 Å². The van der Waals surface area contributed by atoms with Crippen molar-refractivity contribution in [3.05, 3.63) is 42.0 Å². The molecule has 0 aliphatic heterocycles. The number of carbonyl (C=O) groups is 1. The zero-order chi connectivity index (χ0) is 20.5. The van der Waals surface area contributed by atoms with Crippen LogP contribution < -0.4 is 29.6 Å². The van der Waals surface area contributed by atoms with E-state index >= 15 is 0 Å². The Morgan fingerprint density at radius 2 is 1.71 bits per heavy atom. The van der Waals surface area contributed by atoms with Crippen molar-refractivity contribution in [3.63, 3.8) is 0 Å². The average Bonchev–Trinajstić information content (AvgIpc) is 2.71. The number of thiocarbonyl (C=S) groups is 1. The molecule has 0 aliphatic carbocycles. The second kappa shape index (κ2) is 10.4. The number of benzene rings is 2. The highest BCUT2D eigenvalue weighted by atomic mass is 32.1. The van der Waals surface area contributed by atoms with E-state index in [1.54, 1.807) is 12.1 Å². The quantitative estimate of drug-likeness (QED) is 0.651. The zero-order valence-corrected chi connectivity index (χ0v) is 17.1.